The van der Waals surface area contributed by atoms with Gasteiger partial charge in [0.1, 0.15) is 0 Å². The van der Waals surface area contributed by atoms with Crippen LogP contribution in [0.5, 0.6) is 0 Å². The summed E-state index contributed by atoms with van der Waals surface area (Å²) in [6.45, 7) is 6.39. The highest BCUT2D eigenvalue weighted by molar-refractivity contribution is 5.31. The van der Waals surface area contributed by atoms with Crippen LogP contribution < -0.4 is 5.56 Å². The lowest BCUT2D eigenvalue weighted by atomic mass is 9.87. The highest BCUT2D eigenvalue weighted by Gasteiger charge is 2.21. The van der Waals surface area contributed by atoms with Gasteiger partial charge in [0.05, 0.1) is 5.69 Å². The summed E-state index contributed by atoms with van der Waals surface area (Å²) < 4.78 is 1.59. The topological polar surface area (TPSA) is 37.8 Å². The van der Waals surface area contributed by atoms with Crippen molar-refractivity contribution < 1.29 is 0 Å². The van der Waals surface area contributed by atoms with Gasteiger partial charge in [-0.25, -0.2) is 4.68 Å². The summed E-state index contributed by atoms with van der Waals surface area (Å²) in [7, 11) is 0. The summed E-state index contributed by atoms with van der Waals surface area (Å²) in [4.78, 5) is 11.9. The molecule has 0 unspecified atom stereocenters. The molecule has 0 radical (unpaired) electrons. The van der Waals surface area contributed by atoms with Gasteiger partial charge in [0.15, 0.2) is 0 Å². The third kappa shape index (κ3) is 2.18. The van der Waals surface area contributed by atoms with Gasteiger partial charge in [-0.1, -0.05) is 39.0 Å². The zero-order valence-electron chi connectivity index (χ0n) is 10.5. The lowest BCUT2D eigenvalue weighted by Crippen LogP contribution is -2.16. The first-order chi connectivity index (χ1) is 8.04. The van der Waals surface area contributed by atoms with Crippen LogP contribution in [0, 0.1) is 0 Å². The van der Waals surface area contributed by atoms with Gasteiger partial charge in [0.2, 0.25) is 0 Å². The third-order valence-electron chi connectivity index (χ3n) is 3.35. The van der Waals surface area contributed by atoms with Gasteiger partial charge in [-0.3, -0.25) is 9.89 Å². The number of nitrogens with one attached hydrogen (secondary N) is 1. The number of hydrogen-bond acceptors (Lipinski definition) is 1. The van der Waals surface area contributed by atoms with E-state index in [1.165, 1.54) is 0 Å². The van der Waals surface area contributed by atoms with Crippen molar-refractivity contribution >= 4 is 0 Å². The second-order valence-corrected chi connectivity index (χ2v) is 4.92. The zero-order chi connectivity index (χ0) is 12.5. The number of hydrogen-bond donors (Lipinski definition) is 1. The normalized spacial score (nSPS) is 11.7. The minimum Gasteiger partial charge on any atom is -0.294 e. The van der Waals surface area contributed by atoms with Crippen LogP contribution in [0.1, 0.15) is 32.9 Å². The van der Waals surface area contributed by atoms with Crippen LogP contribution in [-0.4, -0.2) is 9.78 Å². The molecule has 3 nitrogen and oxygen atoms in total. The Hall–Kier alpha value is -1.77. The maximum atomic E-state index is 11.9. The Kier molecular flexibility index (Phi) is 2.92. The molecule has 0 aliphatic carbocycles. The first kappa shape index (κ1) is 11.7. The fourth-order valence-electron chi connectivity index (χ4n) is 1.70. The summed E-state index contributed by atoms with van der Waals surface area (Å²) in [6.07, 6.45) is 0.988. The fraction of sp³-hybridized carbons (Fsp3) is 0.357. The molecule has 1 aromatic heterocycles. The largest absolute Gasteiger partial charge is 0.294 e. The Balaban J connectivity index is 2.49. The molecule has 2 rings (SSSR count). The number of aromatic amines is 1. The SMILES string of the molecule is CCC(C)(C)c1cc(=O)n(-c2ccccc2)[nH]1. The fourth-order valence-corrected chi connectivity index (χ4v) is 1.70. The smallest absolute Gasteiger partial charge is 0.271 e. The van der Waals surface area contributed by atoms with Gasteiger partial charge >= 0.3 is 0 Å². The minimum absolute atomic E-state index is 0.000803. The zero-order valence-corrected chi connectivity index (χ0v) is 10.5. The van der Waals surface area contributed by atoms with Crippen LogP contribution in [0.4, 0.5) is 0 Å². The number of rotatable bonds is 3. The molecular weight excluding hydrogens is 212 g/mol. The maximum Gasteiger partial charge on any atom is 0.271 e. The molecule has 0 aliphatic heterocycles. The third-order valence-corrected chi connectivity index (χ3v) is 3.35. The predicted octanol–water partition coefficient (Wildman–Crippen LogP) is 2.85. The average molecular weight is 230 g/mol. The number of aromatic nitrogens is 2. The van der Waals surface area contributed by atoms with E-state index in [0.29, 0.717) is 0 Å². The van der Waals surface area contributed by atoms with E-state index < -0.39 is 0 Å². The van der Waals surface area contributed by atoms with Gasteiger partial charge < -0.3 is 0 Å². The lowest BCUT2D eigenvalue weighted by Gasteiger charge is -2.20. The molecule has 3 heteroatoms. The van der Waals surface area contributed by atoms with Crippen molar-refractivity contribution in [2.75, 3.05) is 0 Å². The second kappa shape index (κ2) is 4.24. The van der Waals surface area contributed by atoms with Crippen molar-refractivity contribution in [3.8, 4) is 5.69 Å². The van der Waals surface area contributed by atoms with Crippen molar-refractivity contribution in [1.29, 1.82) is 0 Å². The molecule has 0 bridgehead atoms. The summed E-state index contributed by atoms with van der Waals surface area (Å²) in [5.41, 5.74) is 1.84. The Morgan fingerprint density at radius 3 is 2.47 bits per heavy atom. The number of para-hydroxylation sites is 1. The summed E-state index contributed by atoms with van der Waals surface area (Å²) in [5.74, 6) is 0. The summed E-state index contributed by atoms with van der Waals surface area (Å²) in [6, 6.07) is 11.3. The van der Waals surface area contributed by atoms with Crippen molar-refractivity contribution in [1.82, 2.24) is 9.78 Å². The molecule has 0 aliphatic rings. The molecule has 90 valence electrons. The Bertz CT molecular complexity index is 549. The predicted molar refractivity (Wildman–Crippen MR) is 69.7 cm³/mol. The van der Waals surface area contributed by atoms with E-state index in [1.807, 2.05) is 30.3 Å². The van der Waals surface area contributed by atoms with E-state index in [4.69, 9.17) is 0 Å². The summed E-state index contributed by atoms with van der Waals surface area (Å²) >= 11 is 0. The molecule has 1 heterocycles. The molecule has 1 aromatic carbocycles. The van der Waals surface area contributed by atoms with E-state index in [-0.39, 0.29) is 11.0 Å². The first-order valence-electron chi connectivity index (χ1n) is 5.92. The van der Waals surface area contributed by atoms with E-state index in [2.05, 4.69) is 25.9 Å². The lowest BCUT2D eigenvalue weighted by molar-refractivity contribution is 0.485. The van der Waals surface area contributed by atoms with Crippen LogP contribution in [0.25, 0.3) is 5.69 Å². The molecule has 0 saturated carbocycles. The standard InChI is InChI=1S/C14H18N2O/c1-4-14(2,3)12-10-13(17)16(15-12)11-8-6-5-7-9-11/h5-10,15H,4H2,1-3H3. The number of nitrogens with zero attached hydrogens (tertiary/aromatic N) is 1. The van der Waals surface area contributed by atoms with Crippen molar-refractivity contribution in [2.45, 2.75) is 32.6 Å². The highest BCUT2D eigenvalue weighted by atomic mass is 16.1. The van der Waals surface area contributed by atoms with Gasteiger partial charge in [-0.05, 0) is 18.6 Å². The molecule has 0 atom stereocenters. The van der Waals surface area contributed by atoms with Gasteiger partial charge in [0, 0.05) is 17.2 Å². The van der Waals surface area contributed by atoms with E-state index in [9.17, 15) is 4.79 Å². The van der Waals surface area contributed by atoms with Crippen LogP contribution in [0.15, 0.2) is 41.2 Å². The van der Waals surface area contributed by atoms with Crippen LogP contribution in [0.3, 0.4) is 0 Å². The monoisotopic (exact) mass is 230 g/mol. The molecule has 1 N–H and O–H groups in total. The van der Waals surface area contributed by atoms with Crippen LogP contribution >= 0.6 is 0 Å². The molecular formula is C14H18N2O. The van der Waals surface area contributed by atoms with Crippen molar-refractivity contribution in [2.24, 2.45) is 0 Å². The van der Waals surface area contributed by atoms with Crippen LogP contribution in [0.2, 0.25) is 0 Å². The van der Waals surface area contributed by atoms with E-state index in [1.54, 1.807) is 10.7 Å². The Morgan fingerprint density at radius 2 is 1.88 bits per heavy atom. The van der Waals surface area contributed by atoms with E-state index in [0.717, 1.165) is 17.8 Å². The van der Waals surface area contributed by atoms with Gasteiger partial charge in [-0.2, -0.15) is 0 Å². The van der Waals surface area contributed by atoms with Crippen molar-refractivity contribution in [3.63, 3.8) is 0 Å². The first-order valence-corrected chi connectivity index (χ1v) is 5.92. The minimum atomic E-state index is -0.00674. The highest BCUT2D eigenvalue weighted by Crippen LogP contribution is 2.24. The van der Waals surface area contributed by atoms with Gasteiger partial charge in [0.25, 0.3) is 5.56 Å². The molecule has 0 fully saturated rings. The molecule has 17 heavy (non-hydrogen) atoms. The summed E-state index contributed by atoms with van der Waals surface area (Å²) in [5, 5.41) is 3.19. The molecule has 0 saturated heterocycles. The number of benzene rings is 1. The second-order valence-electron chi connectivity index (χ2n) is 4.92. The Labute approximate surface area is 101 Å². The maximum absolute atomic E-state index is 11.9. The van der Waals surface area contributed by atoms with Gasteiger partial charge in [-0.15, -0.1) is 0 Å². The average Bonchev–Trinajstić information content (AvgIpc) is 2.73. The van der Waals surface area contributed by atoms with Crippen molar-refractivity contribution in [3.05, 3.63) is 52.4 Å². The van der Waals surface area contributed by atoms with Crippen LogP contribution in [-0.2, 0) is 5.41 Å². The quantitative estimate of drug-likeness (QED) is 0.865. The van der Waals surface area contributed by atoms with E-state index >= 15 is 0 Å². The molecule has 2 aromatic rings. The molecule has 0 spiro atoms. The number of H-pyrrole nitrogens is 1. The molecule has 0 amide bonds. The Morgan fingerprint density at radius 1 is 1.24 bits per heavy atom.